The molecule has 118 valence electrons. The number of hydrogen-bond donors (Lipinski definition) is 0. The number of benzene rings is 3. The van der Waals surface area contributed by atoms with Crippen LogP contribution in [0.2, 0.25) is 0 Å². The summed E-state index contributed by atoms with van der Waals surface area (Å²) < 4.78 is 12.5. The molecule has 0 aromatic heterocycles. The lowest BCUT2D eigenvalue weighted by Crippen LogP contribution is -2.06. The van der Waals surface area contributed by atoms with Crippen LogP contribution in [0.3, 0.4) is 0 Å². The van der Waals surface area contributed by atoms with Crippen molar-refractivity contribution in [3.8, 4) is 0 Å². The van der Waals surface area contributed by atoms with Crippen molar-refractivity contribution in [2.45, 2.75) is 6.42 Å². The molecule has 0 saturated heterocycles. The SMILES string of the molecule is O=[N+]([O-])c1ccc(Cc2ccc([P+](=O)c3ccccc3)cc2)cc1. The summed E-state index contributed by atoms with van der Waals surface area (Å²) in [5.41, 5.74) is 2.17. The second-order valence-electron chi connectivity index (χ2n) is 5.40. The highest BCUT2D eigenvalue weighted by molar-refractivity contribution is 7.61. The quantitative estimate of drug-likeness (QED) is 0.402. The molecule has 24 heavy (non-hydrogen) atoms. The van der Waals surface area contributed by atoms with Crippen molar-refractivity contribution < 1.29 is 9.49 Å². The first kappa shape index (κ1) is 16.0. The van der Waals surface area contributed by atoms with Gasteiger partial charge in [0.25, 0.3) is 5.69 Å². The topological polar surface area (TPSA) is 60.2 Å². The summed E-state index contributed by atoms with van der Waals surface area (Å²) in [7, 11) is -1.58. The molecule has 0 saturated carbocycles. The van der Waals surface area contributed by atoms with Crippen LogP contribution in [0.4, 0.5) is 5.69 Å². The lowest BCUT2D eigenvalue weighted by Gasteiger charge is -2.01. The fraction of sp³-hybridized carbons (Fsp3) is 0.0526. The highest BCUT2D eigenvalue weighted by Gasteiger charge is 2.22. The van der Waals surface area contributed by atoms with E-state index in [4.69, 9.17) is 0 Å². The van der Waals surface area contributed by atoms with Crippen LogP contribution in [0.5, 0.6) is 0 Å². The Morgan fingerprint density at radius 3 is 1.79 bits per heavy atom. The predicted molar refractivity (Wildman–Crippen MR) is 95.7 cm³/mol. The van der Waals surface area contributed by atoms with Crippen molar-refractivity contribution in [2.75, 3.05) is 0 Å². The molecule has 0 radical (unpaired) electrons. The monoisotopic (exact) mass is 336 g/mol. The van der Waals surface area contributed by atoms with Crippen LogP contribution in [-0.2, 0) is 11.0 Å². The van der Waals surface area contributed by atoms with Crippen LogP contribution >= 0.6 is 7.80 Å². The molecule has 0 aliphatic rings. The Morgan fingerprint density at radius 1 is 0.750 bits per heavy atom. The van der Waals surface area contributed by atoms with Gasteiger partial charge in [0.15, 0.2) is 10.6 Å². The van der Waals surface area contributed by atoms with Gasteiger partial charge in [-0.1, -0.05) is 47.0 Å². The lowest BCUT2D eigenvalue weighted by atomic mass is 10.1. The maximum atomic E-state index is 12.5. The molecule has 1 atom stereocenters. The Morgan fingerprint density at radius 2 is 1.25 bits per heavy atom. The van der Waals surface area contributed by atoms with E-state index in [2.05, 4.69) is 0 Å². The fourth-order valence-corrected chi connectivity index (χ4v) is 3.59. The van der Waals surface area contributed by atoms with E-state index in [-0.39, 0.29) is 5.69 Å². The largest absolute Gasteiger partial charge is 0.415 e. The Hall–Kier alpha value is -2.84. The highest BCUT2D eigenvalue weighted by Crippen LogP contribution is 2.20. The molecule has 0 amide bonds. The standard InChI is InChI=1S/C19H15NO3P/c21-20(22)17-10-6-15(7-11-17)14-16-8-12-19(13-9-16)24(23)18-4-2-1-3-5-18/h1-13H,14H2/q+1. The Bertz CT molecular complexity index is 859. The molecule has 0 bridgehead atoms. The third-order valence-electron chi connectivity index (χ3n) is 3.72. The first-order valence-corrected chi connectivity index (χ1v) is 8.74. The zero-order valence-corrected chi connectivity index (χ0v) is 13.7. The molecule has 5 heteroatoms. The summed E-state index contributed by atoms with van der Waals surface area (Å²) in [6.07, 6.45) is 0.681. The summed E-state index contributed by atoms with van der Waals surface area (Å²) >= 11 is 0. The van der Waals surface area contributed by atoms with Gasteiger partial charge in [-0.3, -0.25) is 10.1 Å². The van der Waals surface area contributed by atoms with E-state index in [1.54, 1.807) is 12.1 Å². The molecule has 1 unspecified atom stereocenters. The first-order chi connectivity index (χ1) is 11.6. The maximum Gasteiger partial charge on any atom is 0.415 e. The van der Waals surface area contributed by atoms with E-state index in [1.165, 1.54) is 12.1 Å². The zero-order valence-electron chi connectivity index (χ0n) is 12.8. The van der Waals surface area contributed by atoms with Gasteiger partial charge in [-0.25, -0.2) is 0 Å². The molecule has 3 rings (SSSR count). The van der Waals surface area contributed by atoms with Gasteiger partial charge in [-0.15, -0.1) is 0 Å². The van der Waals surface area contributed by atoms with Gasteiger partial charge in [0, 0.05) is 12.1 Å². The van der Waals surface area contributed by atoms with Crippen molar-refractivity contribution in [3.05, 3.63) is 100 Å². The van der Waals surface area contributed by atoms with Crippen molar-refractivity contribution in [1.29, 1.82) is 0 Å². The lowest BCUT2D eigenvalue weighted by molar-refractivity contribution is -0.384. The van der Waals surface area contributed by atoms with Gasteiger partial charge >= 0.3 is 7.80 Å². The second-order valence-corrected chi connectivity index (χ2v) is 7.02. The smallest absolute Gasteiger partial charge is 0.258 e. The molecule has 0 N–H and O–H groups in total. The molecule has 0 aliphatic carbocycles. The third kappa shape index (κ3) is 3.73. The minimum Gasteiger partial charge on any atom is -0.258 e. The summed E-state index contributed by atoms with van der Waals surface area (Å²) in [6.45, 7) is 0. The number of nitrogens with zero attached hydrogens (tertiary/aromatic N) is 1. The Balaban J connectivity index is 1.72. The molecule has 0 aliphatic heterocycles. The van der Waals surface area contributed by atoms with E-state index >= 15 is 0 Å². The molecule has 0 fully saturated rings. The van der Waals surface area contributed by atoms with Gasteiger partial charge in [0.2, 0.25) is 0 Å². The fourth-order valence-electron chi connectivity index (χ4n) is 2.43. The van der Waals surface area contributed by atoms with Crippen LogP contribution in [0.1, 0.15) is 11.1 Å². The van der Waals surface area contributed by atoms with Crippen molar-refractivity contribution in [3.63, 3.8) is 0 Å². The number of hydrogen-bond acceptors (Lipinski definition) is 3. The Kier molecular flexibility index (Phi) is 4.78. The minimum atomic E-state index is -1.58. The molecular weight excluding hydrogens is 321 g/mol. The zero-order chi connectivity index (χ0) is 16.9. The van der Waals surface area contributed by atoms with E-state index in [9.17, 15) is 14.7 Å². The van der Waals surface area contributed by atoms with Crippen LogP contribution in [-0.4, -0.2) is 4.92 Å². The van der Waals surface area contributed by atoms with Gasteiger partial charge < -0.3 is 0 Å². The van der Waals surface area contributed by atoms with Crippen molar-refractivity contribution in [2.24, 2.45) is 0 Å². The van der Waals surface area contributed by atoms with Crippen LogP contribution in [0.15, 0.2) is 78.9 Å². The number of nitro benzene ring substituents is 1. The Labute approximate surface area is 140 Å². The molecular formula is C19H15NO3P+. The maximum absolute atomic E-state index is 12.5. The molecule has 4 nitrogen and oxygen atoms in total. The van der Waals surface area contributed by atoms with Crippen LogP contribution in [0.25, 0.3) is 0 Å². The molecule has 3 aromatic carbocycles. The van der Waals surface area contributed by atoms with Gasteiger partial charge in [0.05, 0.1) is 4.92 Å². The molecule has 3 aromatic rings. The summed E-state index contributed by atoms with van der Waals surface area (Å²) in [5, 5.41) is 12.3. The normalized spacial score (nSPS) is 11.1. The second kappa shape index (κ2) is 7.16. The molecule has 0 heterocycles. The highest BCUT2D eigenvalue weighted by atomic mass is 31.1. The van der Waals surface area contributed by atoms with Crippen molar-refractivity contribution in [1.82, 2.24) is 0 Å². The van der Waals surface area contributed by atoms with Gasteiger partial charge in [-0.05, 0) is 41.8 Å². The van der Waals surface area contributed by atoms with Crippen LogP contribution in [0, 0.1) is 10.1 Å². The van der Waals surface area contributed by atoms with E-state index in [0.717, 1.165) is 21.7 Å². The summed E-state index contributed by atoms with van der Waals surface area (Å²) in [4.78, 5) is 10.3. The average molecular weight is 336 g/mol. The number of non-ortho nitro benzene ring substituents is 1. The number of nitro groups is 1. The molecule has 0 spiro atoms. The minimum absolute atomic E-state index is 0.0916. The predicted octanol–water partition coefficient (Wildman–Crippen LogP) is 3.96. The van der Waals surface area contributed by atoms with E-state index < -0.39 is 12.7 Å². The first-order valence-electron chi connectivity index (χ1n) is 7.48. The van der Waals surface area contributed by atoms with Gasteiger partial charge in [-0.2, -0.15) is 0 Å². The van der Waals surface area contributed by atoms with Crippen molar-refractivity contribution >= 4 is 24.1 Å². The number of rotatable bonds is 5. The van der Waals surface area contributed by atoms with Crippen LogP contribution < -0.4 is 10.6 Å². The van der Waals surface area contributed by atoms with E-state index in [0.29, 0.717) is 6.42 Å². The summed E-state index contributed by atoms with van der Waals surface area (Å²) in [6, 6.07) is 23.6. The third-order valence-corrected chi connectivity index (χ3v) is 5.25. The average Bonchev–Trinajstić information content (AvgIpc) is 2.63. The van der Waals surface area contributed by atoms with Gasteiger partial charge in [0.1, 0.15) is 0 Å². The summed E-state index contributed by atoms with van der Waals surface area (Å²) in [5.74, 6) is 0. The van der Waals surface area contributed by atoms with E-state index in [1.807, 2.05) is 54.6 Å².